The zero-order valence-electron chi connectivity index (χ0n) is 26.9. The van der Waals surface area contributed by atoms with Crippen molar-refractivity contribution in [2.45, 2.75) is 19.1 Å². The predicted molar refractivity (Wildman–Crippen MR) is 193 cm³/mol. The number of anilines is 1. The van der Waals surface area contributed by atoms with Crippen LogP contribution in [0.3, 0.4) is 0 Å². The Morgan fingerprint density at radius 3 is 2.14 bits per heavy atom. The van der Waals surface area contributed by atoms with Gasteiger partial charge in [0.05, 0.1) is 19.8 Å². The van der Waals surface area contributed by atoms with E-state index in [9.17, 15) is 20.7 Å². The zero-order valence-corrected chi connectivity index (χ0v) is 27.7. The van der Waals surface area contributed by atoms with Crippen LogP contribution in [0.5, 0.6) is 5.75 Å². The van der Waals surface area contributed by atoms with Crippen LogP contribution in [0.15, 0.2) is 120 Å². The van der Waals surface area contributed by atoms with Crippen molar-refractivity contribution in [2.24, 2.45) is 0 Å². The Bertz CT molecular complexity index is 2010. The Labute approximate surface area is 290 Å². The van der Waals surface area contributed by atoms with Crippen molar-refractivity contribution in [1.82, 2.24) is 0 Å². The number of thiophene rings is 1. The molecule has 1 aromatic heterocycles. The number of rotatable bonds is 13. The van der Waals surface area contributed by atoms with Gasteiger partial charge < -0.3 is 24.6 Å². The van der Waals surface area contributed by atoms with Crippen LogP contribution in [-0.4, -0.2) is 36.5 Å². The molecule has 2 heterocycles. The Morgan fingerprint density at radius 1 is 0.898 bits per heavy atom. The Hall–Kier alpha value is -5.89. The van der Waals surface area contributed by atoms with Crippen molar-refractivity contribution in [2.75, 3.05) is 31.2 Å². The van der Waals surface area contributed by atoms with E-state index in [4.69, 9.17) is 16.0 Å². The number of aliphatic hydroxyl groups excluding tert-OH is 2. The van der Waals surface area contributed by atoms with E-state index in [0.29, 0.717) is 31.0 Å². The number of hydrogen-bond donors (Lipinski definition) is 2. The fourth-order valence-electron chi connectivity index (χ4n) is 5.49. The molecule has 1 aliphatic rings. The minimum Gasteiger partial charge on any atom is -0.488 e. The van der Waals surface area contributed by atoms with Crippen molar-refractivity contribution in [3.05, 3.63) is 158 Å². The highest BCUT2D eigenvalue weighted by atomic mass is 32.1. The molecule has 0 bridgehead atoms. The van der Waals surface area contributed by atoms with Gasteiger partial charge in [0, 0.05) is 45.7 Å². The molecule has 0 radical (unpaired) electrons. The quantitative estimate of drug-likeness (QED) is 0.111. The van der Waals surface area contributed by atoms with Crippen molar-refractivity contribution in [3.63, 3.8) is 0 Å². The molecular formula is C40H34N4O4S. The van der Waals surface area contributed by atoms with Crippen LogP contribution >= 0.6 is 11.3 Å². The van der Waals surface area contributed by atoms with Crippen molar-refractivity contribution >= 4 is 35.3 Å². The summed E-state index contributed by atoms with van der Waals surface area (Å²) in [6, 6.07) is 32.9. The monoisotopic (exact) mass is 666 g/mol. The van der Waals surface area contributed by atoms with Crippen LogP contribution in [0.1, 0.15) is 33.4 Å². The summed E-state index contributed by atoms with van der Waals surface area (Å²) in [4.78, 5) is 7.53. The lowest BCUT2D eigenvalue weighted by Crippen LogP contribution is -2.29. The smallest absolute Gasteiger partial charge is 0.237 e. The summed E-state index contributed by atoms with van der Waals surface area (Å²) in [7, 11) is 0. The Balaban J connectivity index is 1.44. The maximum absolute atomic E-state index is 9.56. The zero-order chi connectivity index (χ0) is 34.6. The highest BCUT2D eigenvalue weighted by Gasteiger charge is 2.43. The Kier molecular flexibility index (Phi) is 11.4. The van der Waals surface area contributed by atoms with Gasteiger partial charge in [0.15, 0.2) is 11.3 Å². The molecule has 1 unspecified atom stereocenters. The molecule has 3 aromatic carbocycles. The van der Waals surface area contributed by atoms with Gasteiger partial charge in [-0.05, 0) is 60.5 Å². The molecule has 1 aliphatic heterocycles. The van der Waals surface area contributed by atoms with Crippen LogP contribution in [0.25, 0.3) is 23.1 Å². The standard InChI is InChI=1S/C40H34N4O4S/c1-40(32-11-7-4-8-12-32)36(38(43-2)39(48-40)31(26-41)27-42)20-19-35-18-17-34(49-35)16-14-30-13-15-33(44(21-23-45)22-24-46)25-37(30)47-28-29-9-5-3-6-10-29/h3-20,25,45-46H,21-24,28H2,1H3/b16-14+,20-19+. The van der Waals surface area contributed by atoms with Crippen LogP contribution in [0, 0.1) is 29.2 Å². The molecule has 4 aromatic rings. The maximum atomic E-state index is 9.56. The minimum absolute atomic E-state index is 0.00652. The summed E-state index contributed by atoms with van der Waals surface area (Å²) in [5.74, 6) is 0.668. The first-order chi connectivity index (χ1) is 23.9. The lowest BCUT2D eigenvalue weighted by molar-refractivity contribution is 0.0755. The number of aliphatic hydroxyl groups is 2. The second-order valence-corrected chi connectivity index (χ2v) is 12.3. The molecule has 5 rings (SSSR count). The van der Waals surface area contributed by atoms with Gasteiger partial charge in [0.2, 0.25) is 5.70 Å². The third-order valence-electron chi connectivity index (χ3n) is 8.01. The molecule has 0 saturated carbocycles. The van der Waals surface area contributed by atoms with Gasteiger partial charge in [0.1, 0.15) is 30.1 Å². The van der Waals surface area contributed by atoms with E-state index in [0.717, 1.165) is 32.1 Å². The number of benzene rings is 3. The maximum Gasteiger partial charge on any atom is 0.237 e. The van der Waals surface area contributed by atoms with Crippen LogP contribution in [-0.2, 0) is 16.9 Å². The molecule has 0 spiro atoms. The van der Waals surface area contributed by atoms with Gasteiger partial charge in [-0.1, -0.05) is 66.7 Å². The minimum atomic E-state index is -1.07. The van der Waals surface area contributed by atoms with Gasteiger partial charge in [-0.3, -0.25) is 0 Å². The van der Waals surface area contributed by atoms with Crippen LogP contribution in [0.2, 0.25) is 0 Å². The molecule has 0 saturated heterocycles. The first-order valence-electron chi connectivity index (χ1n) is 15.6. The number of ether oxygens (including phenoxy) is 2. The molecule has 49 heavy (non-hydrogen) atoms. The van der Waals surface area contributed by atoms with E-state index < -0.39 is 5.60 Å². The van der Waals surface area contributed by atoms with E-state index in [1.807, 2.05) is 139 Å². The van der Waals surface area contributed by atoms with E-state index in [1.54, 1.807) is 11.3 Å². The highest BCUT2D eigenvalue weighted by molar-refractivity contribution is 7.13. The molecule has 1 atom stereocenters. The summed E-state index contributed by atoms with van der Waals surface area (Å²) in [6.07, 6.45) is 7.74. The van der Waals surface area contributed by atoms with Gasteiger partial charge >= 0.3 is 0 Å². The second-order valence-electron chi connectivity index (χ2n) is 11.1. The van der Waals surface area contributed by atoms with Crippen LogP contribution < -0.4 is 9.64 Å². The lowest BCUT2D eigenvalue weighted by atomic mass is 9.87. The van der Waals surface area contributed by atoms with Crippen molar-refractivity contribution < 1.29 is 19.7 Å². The molecule has 9 heteroatoms. The summed E-state index contributed by atoms with van der Waals surface area (Å²) < 4.78 is 12.5. The van der Waals surface area contributed by atoms with Crippen molar-refractivity contribution in [3.8, 4) is 17.9 Å². The molecule has 0 aliphatic carbocycles. The van der Waals surface area contributed by atoms with Gasteiger partial charge in [-0.2, -0.15) is 10.5 Å². The van der Waals surface area contributed by atoms with Gasteiger partial charge in [-0.15, -0.1) is 11.3 Å². The number of allylic oxidation sites excluding steroid dienone is 1. The largest absolute Gasteiger partial charge is 0.488 e. The Morgan fingerprint density at radius 2 is 1.53 bits per heavy atom. The second kappa shape index (κ2) is 16.3. The molecule has 0 amide bonds. The fraction of sp³-hybridized carbons (Fsp3) is 0.175. The number of nitriles is 2. The first-order valence-corrected chi connectivity index (χ1v) is 16.4. The highest BCUT2D eigenvalue weighted by Crippen LogP contribution is 2.47. The third kappa shape index (κ3) is 7.99. The van der Waals surface area contributed by atoms with Crippen molar-refractivity contribution in [1.29, 1.82) is 10.5 Å². The normalized spacial score (nSPS) is 15.6. The third-order valence-corrected chi connectivity index (χ3v) is 9.02. The summed E-state index contributed by atoms with van der Waals surface area (Å²) >= 11 is 1.56. The van der Waals surface area contributed by atoms with Gasteiger partial charge in [-0.25, -0.2) is 4.85 Å². The fourth-order valence-corrected chi connectivity index (χ4v) is 6.30. The molecule has 2 N–H and O–H groups in total. The number of hydrogen-bond acceptors (Lipinski definition) is 8. The average Bonchev–Trinajstić information content (AvgIpc) is 3.72. The van der Waals surface area contributed by atoms with E-state index in [2.05, 4.69) is 4.85 Å². The van der Waals surface area contributed by atoms with E-state index >= 15 is 0 Å². The first kappa shape index (κ1) is 34.4. The summed E-state index contributed by atoms with van der Waals surface area (Å²) in [5.41, 5.74) is 2.93. The summed E-state index contributed by atoms with van der Waals surface area (Å²) in [6.45, 7) is 10.8. The van der Waals surface area contributed by atoms with Gasteiger partial charge in [0.25, 0.3) is 0 Å². The molecule has 0 fully saturated rings. The molecule has 8 nitrogen and oxygen atoms in total. The molecular weight excluding hydrogens is 633 g/mol. The van der Waals surface area contributed by atoms with E-state index in [1.165, 1.54) is 0 Å². The van der Waals surface area contributed by atoms with Crippen LogP contribution in [0.4, 0.5) is 5.69 Å². The lowest BCUT2D eigenvalue weighted by Gasteiger charge is -2.28. The van der Waals surface area contributed by atoms with E-state index in [-0.39, 0.29) is 30.2 Å². The topological polar surface area (TPSA) is 114 Å². The summed E-state index contributed by atoms with van der Waals surface area (Å²) in [5, 5.41) is 38.2. The predicted octanol–water partition coefficient (Wildman–Crippen LogP) is 7.72. The SMILES string of the molecule is [C-]#[N+]C1=C(/C=C/c2ccc(/C=C/c3ccc(N(CCO)CCO)cc3OCc3ccccc3)s2)C(C)(c2ccccc2)OC1=C(C#N)C#N. The average molecular weight is 667 g/mol. The molecule has 244 valence electrons. The number of nitrogens with zero attached hydrogens (tertiary/aromatic N) is 4.